The van der Waals surface area contributed by atoms with E-state index in [1.165, 1.54) is 118 Å². The molecule has 0 atom stereocenters. The fraction of sp³-hybridized carbons (Fsp3) is 0.415. The van der Waals surface area contributed by atoms with Gasteiger partial charge in [0.1, 0.15) is 11.2 Å². The second kappa shape index (κ2) is 19.3. The molecule has 0 saturated heterocycles. The van der Waals surface area contributed by atoms with Crippen LogP contribution in [0.5, 0.6) is 0 Å². The molecule has 1 aromatic heterocycles. The summed E-state index contributed by atoms with van der Waals surface area (Å²) in [6.07, 6.45) is 4.62. The zero-order valence-corrected chi connectivity index (χ0v) is 56.9. The lowest BCUT2D eigenvalue weighted by Gasteiger charge is -2.48. The summed E-state index contributed by atoms with van der Waals surface area (Å²) in [5.74, 6) is 0. The summed E-state index contributed by atoms with van der Waals surface area (Å²) in [4.78, 5) is 8.01. The highest BCUT2D eigenvalue weighted by atomic mass is 16.3. The minimum atomic E-state index is -0.245. The van der Waals surface area contributed by atoms with Crippen LogP contribution in [-0.2, 0) is 43.3 Å². The number of anilines is 9. The van der Waals surface area contributed by atoms with Gasteiger partial charge in [0, 0.05) is 67.5 Å². The Morgan fingerprint density at radius 2 is 1.00 bits per heavy atom. The van der Waals surface area contributed by atoms with Gasteiger partial charge in [0.15, 0.2) is 0 Å². The minimum Gasteiger partial charge on any atom is -0.456 e. The van der Waals surface area contributed by atoms with E-state index in [4.69, 9.17) is 4.42 Å². The van der Waals surface area contributed by atoms with Crippen molar-refractivity contribution in [2.45, 2.75) is 221 Å². The van der Waals surface area contributed by atoms with Gasteiger partial charge in [-0.3, -0.25) is 0 Å². The molecule has 5 heteroatoms. The summed E-state index contributed by atoms with van der Waals surface area (Å²) < 4.78 is 6.97. The van der Waals surface area contributed by atoms with Crippen LogP contribution in [0.1, 0.15) is 220 Å². The topological polar surface area (TPSA) is 22.9 Å². The molecule has 8 aromatic carbocycles. The predicted molar refractivity (Wildman–Crippen MR) is 377 cm³/mol. The molecule has 0 fully saturated rings. The summed E-state index contributed by atoms with van der Waals surface area (Å²) in [5.41, 5.74) is 30.1. The largest absolute Gasteiger partial charge is 0.456 e. The predicted octanol–water partition coefficient (Wildman–Crippen LogP) is 21.6. The monoisotopic (exact) mass is 1150 g/mol. The number of rotatable bonds is 5. The molecule has 2 aliphatic heterocycles. The first-order chi connectivity index (χ1) is 40.5. The Kier molecular flexibility index (Phi) is 13.1. The normalized spacial score (nSPS) is 17.4. The molecule has 2 aliphatic carbocycles. The Morgan fingerprint density at radius 3 is 1.61 bits per heavy atom. The number of nitrogens with zero attached hydrogens (tertiary/aromatic N) is 3. The first-order valence-corrected chi connectivity index (χ1v) is 32.7. The number of fused-ring (bicyclic) bond motifs is 9. The van der Waals surface area contributed by atoms with Gasteiger partial charge in [-0.15, -0.1) is 0 Å². The van der Waals surface area contributed by atoms with Crippen LogP contribution in [0.15, 0.2) is 138 Å². The van der Waals surface area contributed by atoms with Gasteiger partial charge in [0.25, 0.3) is 6.71 Å². The third-order valence-corrected chi connectivity index (χ3v) is 21.4. The van der Waals surface area contributed by atoms with Gasteiger partial charge in [-0.25, -0.2) is 0 Å². The number of hydrogen-bond acceptors (Lipinski definition) is 4. The molecule has 13 rings (SSSR count). The molecule has 0 unspecified atom stereocenters. The highest BCUT2D eigenvalue weighted by Crippen LogP contribution is 2.55. The quantitative estimate of drug-likeness (QED) is 0.160. The maximum atomic E-state index is 6.97. The average molecular weight is 1150 g/mol. The van der Waals surface area contributed by atoms with Crippen molar-refractivity contribution in [3.05, 3.63) is 189 Å². The molecule has 448 valence electrons. The van der Waals surface area contributed by atoms with Gasteiger partial charge >= 0.3 is 0 Å². The first-order valence-electron chi connectivity index (χ1n) is 32.7. The molecule has 4 nitrogen and oxygen atoms in total. The molecule has 87 heavy (non-hydrogen) atoms. The fourth-order valence-electron chi connectivity index (χ4n) is 15.8. The number of furan rings is 1. The van der Waals surface area contributed by atoms with Crippen molar-refractivity contribution in [3.8, 4) is 0 Å². The van der Waals surface area contributed by atoms with Gasteiger partial charge in [-0.1, -0.05) is 199 Å². The summed E-state index contributed by atoms with van der Waals surface area (Å²) in [7, 11) is 0. The average Bonchev–Trinajstić information content (AvgIpc) is 0.919. The molecule has 0 N–H and O–H groups in total. The molecule has 0 radical (unpaired) electrons. The van der Waals surface area contributed by atoms with Crippen LogP contribution in [0.25, 0.3) is 21.9 Å². The molecule has 0 bridgehead atoms. The lowest BCUT2D eigenvalue weighted by atomic mass is 9.33. The van der Waals surface area contributed by atoms with Crippen LogP contribution >= 0.6 is 0 Å². The number of aryl methyl sites for hydroxylation is 1. The van der Waals surface area contributed by atoms with Crippen LogP contribution in [0.2, 0.25) is 0 Å². The van der Waals surface area contributed by atoms with E-state index in [-0.39, 0.29) is 50.0 Å². The van der Waals surface area contributed by atoms with Gasteiger partial charge in [0.2, 0.25) is 0 Å². The van der Waals surface area contributed by atoms with E-state index in [1.807, 2.05) is 0 Å². The number of benzene rings is 8. The van der Waals surface area contributed by atoms with Crippen molar-refractivity contribution >= 4 is 96.2 Å². The van der Waals surface area contributed by atoms with Crippen LogP contribution in [0.3, 0.4) is 0 Å². The SMILES string of the molecule is Cc1cc(C(C)(C)C)ccc1N(c1ccc2c(c1)N(c1cc(C(C)(C)C)c3oc4ccccc4c3c1)c1cc(C(C)(C)C)cc3c1B2c1cc2c(cc1N3c1ccc3c(c1)C(C)(C)CCC3(C)C)C(C)(C)CCC2(C)C)c1cccc(C(C)(C)C)c1C. The highest BCUT2D eigenvalue weighted by molar-refractivity contribution is 7.00. The van der Waals surface area contributed by atoms with E-state index in [0.29, 0.717) is 0 Å². The summed E-state index contributed by atoms with van der Waals surface area (Å²) in [5, 5.41) is 2.28. The first kappa shape index (κ1) is 59.0. The zero-order valence-electron chi connectivity index (χ0n) is 56.9. The van der Waals surface area contributed by atoms with E-state index in [2.05, 4.69) is 300 Å². The minimum absolute atomic E-state index is 0.00193. The lowest BCUT2D eigenvalue weighted by Crippen LogP contribution is -2.62. The van der Waals surface area contributed by atoms with Crippen molar-refractivity contribution in [2.75, 3.05) is 14.7 Å². The third kappa shape index (κ3) is 9.43. The molecule has 0 amide bonds. The van der Waals surface area contributed by atoms with E-state index < -0.39 is 0 Å². The maximum Gasteiger partial charge on any atom is 0.252 e. The van der Waals surface area contributed by atoms with E-state index in [1.54, 1.807) is 0 Å². The van der Waals surface area contributed by atoms with Gasteiger partial charge in [0.05, 0.1) is 0 Å². The summed E-state index contributed by atoms with van der Waals surface area (Å²) >= 11 is 0. The van der Waals surface area contributed by atoms with Crippen molar-refractivity contribution < 1.29 is 4.42 Å². The maximum absolute atomic E-state index is 6.97. The molecular weight excluding hydrogens is 1050 g/mol. The standard InChI is InChI=1S/C82H96BN3O/c1-49-40-51(75(3,4)5)30-35-66(49)84(67-28-25-27-58(50(67)2)77(9,10)11)54-32-34-64-68(46-54)86(55-43-57-56-26-23-24-29-72(56)87-74(57)63(45-55)78(12,13)14)71-42-52(76(6,7)8)41-70-73(71)83(64)65-47-61-62(82(21,22)39-38-81(61,19)20)48-69(65)85(70)53-31-33-59-60(44-53)80(17,18)37-36-79(59,15)16/h23-35,40-48H,36-39H2,1-22H3. The van der Waals surface area contributed by atoms with Crippen LogP contribution < -0.4 is 31.1 Å². The lowest BCUT2D eigenvalue weighted by molar-refractivity contribution is 0.332. The fourth-order valence-corrected chi connectivity index (χ4v) is 15.8. The summed E-state index contributed by atoms with van der Waals surface area (Å²) in [6.45, 7) is 52.7. The van der Waals surface area contributed by atoms with E-state index in [0.717, 1.165) is 52.6 Å². The molecule has 0 saturated carbocycles. The Hall–Kier alpha value is -6.98. The Balaban J connectivity index is 1.19. The second-order valence-electron chi connectivity index (χ2n) is 33.8. The van der Waals surface area contributed by atoms with Crippen molar-refractivity contribution in [2.24, 2.45) is 0 Å². The third-order valence-electron chi connectivity index (χ3n) is 21.4. The number of para-hydroxylation sites is 1. The summed E-state index contributed by atoms with van der Waals surface area (Å²) in [6, 6.07) is 53.5. The van der Waals surface area contributed by atoms with Crippen molar-refractivity contribution in [1.82, 2.24) is 0 Å². The molecule has 4 aliphatic rings. The van der Waals surface area contributed by atoms with Crippen LogP contribution in [-0.4, -0.2) is 6.71 Å². The molecular formula is C82H96BN3O. The Bertz CT molecular complexity index is 4320. The van der Waals surface area contributed by atoms with Crippen molar-refractivity contribution in [3.63, 3.8) is 0 Å². The molecule has 3 heterocycles. The second-order valence-corrected chi connectivity index (χ2v) is 33.8. The Labute approximate surface area is 522 Å². The van der Waals surface area contributed by atoms with Gasteiger partial charge in [-0.05, 0) is 222 Å². The van der Waals surface area contributed by atoms with Gasteiger partial charge < -0.3 is 19.1 Å². The molecule has 9 aromatic rings. The zero-order chi connectivity index (χ0) is 62.4. The van der Waals surface area contributed by atoms with E-state index >= 15 is 0 Å². The highest BCUT2D eigenvalue weighted by Gasteiger charge is 2.48. The molecule has 0 spiro atoms. The van der Waals surface area contributed by atoms with Crippen molar-refractivity contribution in [1.29, 1.82) is 0 Å². The Morgan fingerprint density at radius 1 is 0.425 bits per heavy atom. The van der Waals surface area contributed by atoms with Crippen LogP contribution in [0.4, 0.5) is 51.2 Å². The van der Waals surface area contributed by atoms with Crippen LogP contribution in [0, 0.1) is 13.8 Å². The van der Waals surface area contributed by atoms with E-state index in [9.17, 15) is 0 Å². The van der Waals surface area contributed by atoms with Gasteiger partial charge in [-0.2, -0.15) is 0 Å². The smallest absolute Gasteiger partial charge is 0.252 e. The number of hydrogen-bond donors (Lipinski definition) is 0.